The van der Waals surface area contributed by atoms with Gasteiger partial charge >= 0.3 is 0 Å². The SMILES string of the molecule is [2H]C(C)(c1ccccc1)c1cnc(-c2cc(-c3ccccc3)cc(-c3cccc4c3nc(-c3cc(C(C)(C)C)cc(C(C)(C)C)c3O)n4-c3c(C(C)C)cc(C(C)(C)C)cc3C(C)C)c2)cc1-c1ccccc1. The number of phenolic OH excluding ortho intramolecular Hbond substituents is 1. The Kier molecular flexibility index (Phi) is 12.9. The molecule has 366 valence electrons. The van der Waals surface area contributed by atoms with Crippen LogP contribution in [0.4, 0.5) is 0 Å². The van der Waals surface area contributed by atoms with E-state index in [0.717, 1.165) is 89.2 Å². The number of aromatic hydroxyl groups is 1. The molecule has 9 rings (SSSR count). The van der Waals surface area contributed by atoms with E-state index in [0.29, 0.717) is 5.82 Å². The highest BCUT2D eigenvalue weighted by Crippen LogP contribution is 2.47. The molecule has 2 aromatic heterocycles. The topological polar surface area (TPSA) is 50.9 Å². The second-order valence-corrected chi connectivity index (χ2v) is 23.6. The summed E-state index contributed by atoms with van der Waals surface area (Å²) < 4.78 is 12.2. The minimum Gasteiger partial charge on any atom is -0.507 e. The van der Waals surface area contributed by atoms with E-state index in [1.165, 1.54) is 16.7 Å². The number of fused-ring (bicyclic) bond motifs is 1. The molecule has 0 saturated carbocycles. The Morgan fingerprint density at radius 1 is 0.486 bits per heavy atom. The third-order valence-electron chi connectivity index (χ3n) is 14.5. The van der Waals surface area contributed by atoms with Crippen LogP contribution in [-0.4, -0.2) is 19.6 Å². The van der Waals surface area contributed by atoms with Crippen LogP contribution in [0.3, 0.4) is 0 Å². The number of phenols is 1. The molecule has 7 aromatic carbocycles. The highest BCUT2D eigenvalue weighted by molar-refractivity contribution is 5.98. The van der Waals surface area contributed by atoms with E-state index in [9.17, 15) is 6.48 Å². The molecular weight excluding hydrogens is 875 g/mol. The smallest absolute Gasteiger partial charge is 0.149 e. The zero-order valence-corrected chi connectivity index (χ0v) is 45.0. The molecule has 0 fully saturated rings. The van der Waals surface area contributed by atoms with Crippen LogP contribution < -0.4 is 0 Å². The van der Waals surface area contributed by atoms with E-state index in [2.05, 4.69) is 216 Å². The first-order chi connectivity index (χ1) is 34.4. The second kappa shape index (κ2) is 19.2. The van der Waals surface area contributed by atoms with Gasteiger partial charge in [0.15, 0.2) is 0 Å². The maximum atomic E-state index is 12.8. The van der Waals surface area contributed by atoms with Crippen LogP contribution in [0.15, 0.2) is 164 Å². The number of hydrogen-bond donors (Lipinski definition) is 1. The molecule has 72 heavy (non-hydrogen) atoms. The Bertz CT molecular complexity index is 3440. The molecule has 0 bridgehead atoms. The number of aromatic nitrogens is 3. The van der Waals surface area contributed by atoms with Crippen LogP contribution in [0.25, 0.3) is 72.7 Å². The van der Waals surface area contributed by atoms with Crippen molar-refractivity contribution in [2.75, 3.05) is 0 Å². The monoisotopic (exact) mass is 949 g/mol. The highest BCUT2D eigenvalue weighted by Gasteiger charge is 2.31. The van der Waals surface area contributed by atoms with Gasteiger partial charge in [-0.2, -0.15) is 0 Å². The summed E-state index contributed by atoms with van der Waals surface area (Å²) in [5.41, 5.74) is 18.5. The second-order valence-electron chi connectivity index (χ2n) is 23.6. The van der Waals surface area contributed by atoms with E-state index in [-0.39, 0.29) is 33.8 Å². The fourth-order valence-corrected chi connectivity index (χ4v) is 10.1. The summed E-state index contributed by atoms with van der Waals surface area (Å²) in [6, 6.07) is 55.7. The lowest BCUT2D eigenvalue weighted by Crippen LogP contribution is -2.18. The largest absolute Gasteiger partial charge is 0.507 e. The van der Waals surface area contributed by atoms with Crippen LogP contribution in [0.2, 0.25) is 0 Å². The van der Waals surface area contributed by atoms with Gasteiger partial charge in [0.2, 0.25) is 0 Å². The van der Waals surface area contributed by atoms with Gasteiger partial charge in [-0.05, 0) is 126 Å². The average Bonchev–Trinajstić information content (AvgIpc) is 3.74. The van der Waals surface area contributed by atoms with Crippen molar-refractivity contribution >= 4 is 11.0 Å². The van der Waals surface area contributed by atoms with Crippen molar-refractivity contribution < 1.29 is 6.48 Å². The van der Waals surface area contributed by atoms with Crippen molar-refractivity contribution in [1.82, 2.24) is 14.5 Å². The maximum Gasteiger partial charge on any atom is 0.149 e. The molecule has 1 atom stereocenters. The van der Waals surface area contributed by atoms with Crippen LogP contribution in [0.5, 0.6) is 5.75 Å². The quantitative estimate of drug-likeness (QED) is 0.149. The Balaban J connectivity index is 1.38. The molecule has 1 unspecified atom stereocenters. The molecule has 1 N–H and O–H groups in total. The summed E-state index contributed by atoms with van der Waals surface area (Å²) in [7, 11) is 0. The highest BCUT2D eigenvalue weighted by atomic mass is 16.3. The van der Waals surface area contributed by atoms with Crippen molar-refractivity contribution in [1.29, 1.82) is 0 Å². The number of pyridine rings is 1. The first-order valence-electron chi connectivity index (χ1n) is 26.3. The van der Waals surface area contributed by atoms with E-state index in [1.54, 1.807) is 0 Å². The fraction of sp³-hybridized carbons (Fsp3) is 0.294. The minimum absolute atomic E-state index is 0.0684. The van der Waals surface area contributed by atoms with Crippen molar-refractivity contribution in [3.05, 3.63) is 203 Å². The molecule has 4 nitrogen and oxygen atoms in total. The number of hydrogen-bond acceptors (Lipinski definition) is 3. The lowest BCUT2D eigenvalue weighted by atomic mass is 9.78. The molecule has 0 amide bonds. The van der Waals surface area contributed by atoms with E-state index < -0.39 is 5.89 Å². The van der Waals surface area contributed by atoms with Gasteiger partial charge in [-0.25, -0.2) is 4.98 Å². The van der Waals surface area contributed by atoms with E-state index >= 15 is 0 Å². The summed E-state index contributed by atoms with van der Waals surface area (Å²) in [6.45, 7) is 31.3. The van der Waals surface area contributed by atoms with E-state index in [1.807, 2.05) is 49.5 Å². The van der Waals surface area contributed by atoms with Gasteiger partial charge in [0.1, 0.15) is 11.6 Å². The molecule has 0 saturated heterocycles. The van der Waals surface area contributed by atoms with E-state index in [4.69, 9.17) is 9.97 Å². The average molecular weight is 949 g/mol. The molecule has 0 aliphatic rings. The van der Waals surface area contributed by atoms with Crippen LogP contribution >= 0.6 is 0 Å². The third kappa shape index (κ3) is 9.69. The normalized spacial score (nSPS) is 13.5. The summed E-state index contributed by atoms with van der Waals surface area (Å²) in [5.74, 6) is 0.287. The summed E-state index contributed by atoms with van der Waals surface area (Å²) in [4.78, 5) is 11.0. The summed E-state index contributed by atoms with van der Waals surface area (Å²) >= 11 is 0. The molecule has 0 aliphatic carbocycles. The first kappa shape index (κ1) is 48.6. The zero-order chi connectivity index (χ0) is 52.4. The van der Waals surface area contributed by atoms with Gasteiger partial charge in [-0.15, -0.1) is 0 Å². The van der Waals surface area contributed by atoms with Gasteiger partial charge in [0.05, 0.1) is 28.0 Å². The maximum absolute atomic E-state index is 12.8. The third-order valence-corrected chi connectivity index (χ3v) is 14.5. The van der Waals surface area contributed by atoms with Crippen molar-refractivity contribution in [3.63, 3.8) is 0 Å². The lowest BCUT2D eigenvalue weighted by molar-refractivity contribution is 0.446. The number of benzene rings is 7. The number of rotatable bonds is 10. The summed E-state index contributed by atoms with van der Waals surface area (Å²) in [5, 5.41) is 12.8. The first-order valence-corrected chi connectivity index (χ1v) is 25.8. The summed E-state index contributed by atoms with van der Waals surface area (Å²) in [6.07, 6.45) is 1.91. The number of nitrogens with zero attached hydrogens (tertiary/aromatic N) is 3. The Labute approximate surface area is 431 Å². The molecule has 2 heterocycles. The molecular formula is C68H73N3O. The number of imidazole rings is 1. The fourth-order valence-electron chi connectivity index (χ4n) is 10.1. The Morgan fingerprint density at radius 2 is 1.03 bits per heavy atom. The van der Waals surface area contributed by atoms with Gasteiger partial charge in [0.25, 0.3) is 0 Å². The molecule has 4 heteroatoms. The predicted octanol–water partition coefficient (Wildman–Crippen LogP) is 18.8. The molecule has 9 aromatic rings. The van der Waals surface area contributed by atoms with Crippen molar-refractivity contribution in [2.24, 2.45) is 0 Å². The van der Waals surface area contributed by atoms with Crippen molar-refractivity contribution in [2.45, 2.75) is 131 Å². The van der Waals surface area contributed by atoms with Crippen LogP contribution in [0, 0.1) is 0 Å². The van der Waals surface area contributed by atoms with Crippen molar-refractivity contribution in [3.8, 4) is 67.5 Å². The molecule has 0 spiro atoms. The zero-order valence-electron chi connectivity index (χ0n) is 46.0. The van der Waals surface area contributed by atoms with Crippen LogP contribution in [-0.2, 0) is 16.2 Å². The van der Waals surface area contributed by atoms with Gasteiger partial charge < -0.3 is 5.11 Å². The Morgan fingerprint density at radius 3 is 1.60 bits per heavy atom. The lowest BCUT2D eigenvalue weighted by Gasteiger charge is -2.29. The number of para-hydroxylation sites is 1. The van der Waals surface area contributed by atoms with Crippen LogP contribution in [0.1, 0.15) is 155 Å². The molecule has 0 radical (unpaired) electrons. The van der Waals surface area contributed by atoms with Gasteiger partial charge in [-0.3, -0.25) is 9.55 Å². The minimum atomic E-state index is -1.06. The predicted molar refractivity (Wildman–Crippen MR) is 306 cm³/mol. The Hall–Kier alpha value is -7.04. The molecule has 0 aliphatic heterocycles. The standard InChI is InChI=1S/C68H73N3O/c1-42(2)54-36-51(66(6,7)8)37-55(43(3)4)63(54)71-61-32-24-31-53(62(61)70-65(71)57-38-52(67(9,10)11)39-59(64(57)72)68(12,13)14)49-33-48(46-27-20-16-21-28-46)34-50(35-49)60-40-56(47-29-22-17-23-30-47)58(41-69-60)44(5)45-25-18-15-19-26-45/h15-44,72H,1-14H3/i44D. The van der Waals surface area contributed by atoms with Gasteiger partial charge in [0, 0.05) is 30.2 Å². The van der Waals surface area contributed by atoms with Gasteiger partial charge in [-0.1, -0.05) is 218 Å².